The zero-order valence-electron chi connectivity index (χ0n) is 23.3. The van der Waals surface area contributed by atoms with Gasteiger partial charge in [-0.05, 0) is 113 Å². The van der Waals surface area contributed by atoms with Crippen LogP contribution in [0.4, 0.5) is 14.9 Å². The van der Waals surface area contributed by atoms with Crippen LogP contribution in [0.25, 0.3) is 6.08 Å². The van der Waals surface area contributed by atoms with Crippen LogP contribution in [0.3, 0.4) is 0 Å². The highest BCUT2D eigenvalue weighted by molar-refractivity contribution is 14.1. The predicted molar refractivity (Wildman–Crippen MR) is 172 cm³/mol. The van der Waals surface area contributed by atoms with Crippen LogP contribution in [0.2, 0.25) is 5.02 Å². The smallest absolute Gasteiger partial charge is 0.335 e. The predicted octanol–water partition coefficient (Wildman–Crippen LogP) is 7.31. The van der Waals surface area contributed by atoms with Crippen LogP contribution < -0.4 is 24.4 Å². The third-order valence-corrected chi connectivity index (χ3v) is 7.51. The maximum absolute atomic E-state index is 13.5. The van der Waals surface area contributed by atoms with E-state index < -0.39 is 17.8 Å². The van der Waals surface area contributed by atoms with Crippen molar-refractivity contribution in [1.29, 1.82) is 0 Å². The van der Waals surface area contributed by atoms with Crippen LogP contribution in [0.15, 0.2) is 90.5 Å². The molecule has 4 aromatic rings. The minimum atomic E-state index is -0.860. The van der Waals surface area contributed by atoms with Crippen molar-refractivity contribution in [3.8, 4) is 17.2 Å². The molecule has 1 aliphatic heterocycles. The van der Waals surface area contributed by atoms with Gasteiger partial charge in [0.05, 0.1) is 15.9 Å². The van der Waals surface area contributed by atoms with Gasteiger partial charge >= 0.3 is 6.03 Å². The third-order valence-electron chi connectivity index (χ3n) is 6.45. The molecule has 4 aromatic carbocycles. The first-order chi connectivity index (χ1) is 21.2. The van der Waals surface area contributed by atoms with Gasteiger partial charge in [0.1, 0.15) is 30.4 Å². The number of nitrogens with one attached hydrogen (secondary N) is 1. The summed E-state index contributed by atoms with van der Waals surface area (Å²) in [5, 5.41) is 2.86. The normalized spacial score (nSPS) is 14.0. The fraction of sp³-hybridized carbons (Fsp3) is 0.121. The zero-order chi connectivity index (χ0) is 31.2. The van der Waals surface area contributed by atoms with Gasteiger partial charge in [0, 0.05) is 5.02 Å². The summed E-state index contributed by atoms with van der Waals surface area (Å²) in [7, 11) is 0. The Morgan fingerprint density at radius 2 is 1.50 bits per heavy atom. The van der Waals surface area contributed by atoms with Crippen molar-refractivity contribution in [3.05, 3.63) is 122 Å². The number of benzene rings is 4. The summed E-state index contributed by atoms with van der Waals surface area (Å²) in [5.74, 6) is -0.539. The Labute approximate surface area is 271 Å². The highest BCUT2D eigenvalue weighted by atomic mass is 127. The van der Waals surface area contributed by atoms with E-state index in [1.54, 1.807) is 60.7 Å². The number of imide groups is 2. The summed E-state index contributed by atoms with van der Waals surface area (Å²) >= 11 is 8.00. The highest BCUT2D eigenvalue weighted by Gasteiger charge is 2.37. The average Bonchev–Trinajstić information content (AvgIpc) is 3.00. The molecule has 1 heterocycles. The van der Waals surface area contributed by atoms with E-state index in [9.17, 15) is 18.8 Å². The maximum Gasteiger partial charge on any atom is 0.335 e. The molecule has 1 N–H and O–H groups in total. The second-order valence-corrected chi connectivity index (χ2v) is 11.1. The van der Waals surface area contributed by atoms with E-state index in [2.05, 4.69) is 27.9 Å². The Morgan fingerprint density at radius 3 is 2.16 bits per heavy atom. The maximum atomic E-state index is 13.5. The van der Waals surface area contributed by atoms with Crippen molar-refractivity contribution >= 4 is 63.8 Å². The number of carbonyl (C=O) groups is 3. The molecule has 44 heavy (non-hydrogen) atoms. The Bertz CT molecular complexity index is 1730. The molecule has 0 radical (unpaired) electrons. The average molecular weight is 727 g/mol. The van der Waals surface area contributed by atoms with E-state index in [0.717, 1.165) is 16.0 Å². The van der Waals surface area contributed by atoms with Gasteiger partial charge in [-0.1, -0.05) is 35.9 Å². The van der Waals surface area contributed by atoms with Crippen LogP contribution in [0, 0.1) is 9.39 Å². The molecule has 0 aromatic heterocycles. The molecule has 11 heteroatoms. The molecule has 8 nitrogen and oxygen atoms in total. The Kier molecular flexibility index (Phi) is 9.81. The van der Waals surface area contributed by atoms with Gasteiger partial charge in [-0.25, -0.2) is 14.1 Å². The van der Waals surface area contributed by atoms with Gasteiger partial charge in [0.25, 0.3) is 11.8 Å². The monoisotopic (exact) mass is 726 g/mol. The number of urea groups is 1. The SMILES string of the molecule is CCOc1cc(/C=C2\C(=O)NC(=O)N(c3ccc(OCc4ccc(Cl)cc4)cc3)C2=O)cc(I)c1OCc1ccc(F)cc1. The molecule has 4 amide bonds. The second-order valence-electron chi connectivity index (χ2n) is 9.55. The number of carbonyl (C=O) groups excluding carboxylic acids is 3. The number of nitrogens with zero attached hydrogens (tertiary/aromatic N) is 1. The molecule has 0 atom stereocenters. The second kappa shape index (κ2) is 13.9. The first-order valence-corrected chi connectivity index (χ1v) is 14.9. The highest BCUT2D eigenvalue weighted by Crippen LogP contribution is 2.36. The molecule has 1 fully saturated rings. The van der Waals surface area contributed by atoms with E-state index in [4.69, 9.17) is 25.8 Å². The summed E-state index contributed by atoms with van der Waals surface area (Å²) in [6, 6.07) is 22.1. The van der Waals surface area contributed by atoms with Crippen molar-refractivity contribution < 1.29 is 33.0 Å². The van der Waals surface area contributed by atoms with Gasteiger partial charge < -0.3 is 14.2 Å². The minimum absolute atomic E-state index is 0.180. The molecule has 0 unspecified atom stereocenters. The Balaban J connectivity index is 1.35. The van der Waals surface area contributed by atoms with Crippen LogP contribution in [0.1, 0.15) is 23.6 Å². The van der Waals surface area contributed by atoms with E-state index in [0.29, 0.717) is 44.6 Å². The summed E-state index contributed by atoms with van der Waals surface area (Å²) in [5.41, 5.74) is 2.22. The third kappa shape index (κ3) is 7.37. The van der Waals surface area contributed by atoms with Crippen molar-refractivity contribution in [2.45, 2.75) is 20.1 Å². The van der Waals surface area contributed by atoms with Crippen LogP contribution >= 0.6 is 34.2 Å². The van der Waals surface area contributed by atoms with Gasteiger partial charge in [-0.3, -0.25) is 14.9 Å². The number of halogens is 3. The lowest BCUT2D eigenvalue weighted by atomic mass is 10.1. The standard InChI is InChI=1S/C33H25ClFIN2O6/c1-2-42-29-17-22(16-28(36)30(29)44-19-21-5-9-24(35)10-6-21)15-27-31(39)37-33(41)38(32(27)40)25-11-13-26(14-12-25)43-18-20-3-7-23(34)8-4-20/h3-17H,2,18-19H2,1H3,(H,37,39,41)/b27-15+. The topological polar surface area (TPSA) is 94.2 Å². The Morgan fingerprint density at radius 1 is 0.864 bits per heavy atom. The minimum Gasteiger partial charge on any atom is -0.490 e. The first kappa shape index (κ1) is 31.0. The van der Waals surface area contributed by atoms with Gasteiger partial charge in [-0.2, -0.15) is 0 Å². The summed E-state index contributed by atoms with van der Waals surface area (Å²) in [6.45, 7) is 2.64. The van der Waals surface area contributed by atoms with E-state index in [-0.39, 0.29) is 23.7 Å². The summed E-state index contributed by atoms with van der Waals surface area (Å²) < 4.78 is 31.5. The molecule has 5 rings (SSSR count). The van der Waals surface area contributed by atoms with Gasteiger partial charge in [-0.15, -0.1) is 0 Å². The molecule has 0 aliphatic carbocycles. The summed E-state index contributed by atoms with van der Waals surface area (Å²) in [6.07, 6.45) is 1.40. The van der Waals surface area contributed by atoms with E-state index >= 15 is 0 Å². The number of amides is 4. The van der Waals surface area contributed by atoms with Crippen LogP contribution in [-0.4, -0.2) is 24.5 Å². The van der Waals surface area contributed by atoms with Crippen LogP contribution in [0.5, 0.6) is 17.2 Å². The molecule has 0 bridgehead atoms. The van der Waals surface area contributed by atoms with Crippen molar-refractivity contribution in [1.82, 2.24) is 5.32 Å². The number of barbiturate groups is 1. The molecule has 0 saturated carbocycles. The summed E-state index contributed by atoms with van der Waals surface area (Å²) in [4.78, 5) is 39.9. The molecular weight excluding hydrogens is 702 g/mol. The lowest BCUT2D eigenvalue weighted by molar-refractivity contribution is -0.122. The van der Waals surface area contributed by atoms with Crippen LogP contribution in [-0.2, 0) is 22.8 Å². The van der Waals surface area contributed by atoms with Gasteiger partial charge in [0.15, 0.2) is 11.5 Å². The molecule has 1 aliphatic rings. The lowest BCUT2D eigenvalue weighted by Crippen LogP contribution is -2.54. The molecule has 0 spiro atoms. The molecular formula is C33H25ClFIN2O6. The Hall–Kier alpha value is -4.42. The van der Waals surface area contributed by atoms with E-state index in [1.807, 2.05) is 19.1 Å². The van der Waals surface area contributed by atoms with Crippen molar-refractivity contribution in [2.75, 3.05) is 11.5 Å². The molecule has 224 valence electrons. The number of rotatable bonds is 10. The number of anilines is 1. The van der Waals surface area contributed by atoms with E-state index in [1.165, 1.54) is 18.2 Å². The van der Waals surface area contributed by atoms with Crippen molar-refractivity contribution in [3.63, 3.8) is 0 Å². The number of hydrogen-bond donors (Lipinski definition) is 1. The molecule has 1 saturated heterocycles. The number of ether oxygens (including phenoxy) is 3. The lowest BCUT2D eigenvalue weighted by Gasteiger charge is -2.26. The number of hydrogen-bond acceptors (Lipinski definition) is 6. The zero-order valence-corrected chi connectivity index (χ0v) is 26.2. The van der Waals surface area contributed by atoms with Gasteiger partial charge in [0.2, 0.25) is 0 Å². The van der Waals surface area contributed by atoms with Crippen molar-refractivity contribution in [2.24, 2.45) is 0 Å². The first-order valence-electron chi connectivity index (χ1n) is 13.4. The quantitative estimate of drug-likeness (QED) is 0.105. The fourth-order valence-corrected chi connectivity index (χ4v) is 5.21. The fourth-order valence-electron chi connectivity index (χ4n) is 4.31. The largest absolute Gasteiger partial charge is 0.490 e.